The minimum absolute atomic E-state index is 1.25. The molecule has 0 aliphatic heterocycles. The van der Waals surface area contributed by atoms with E-state index in [9.17, 15) is 50.6 Å². The molecule has 1 aromatic rings. The van der Waals surface area contributed by atoms with Crippen molar-refractivity contribution in [2.75, 3.05) is 0 Å². The van der Waals surface area contributed by atoms with Crippen molar-refractivity contribution in [3.8, 4) is 0 Å². The van der Waals surface area contributed by atoms with E-state index in [0.717, 1.165) is 0 Å². The summed E-state index contributed by atoms with van der Waals surface area (Å²) in [5.74, 6) is 0. The summed E-state index contributed by atoms with van der Waals surface area (Å²) >= 11 is 0. The zero-order valence-electron chi connectivity index (χ0n) is 9.32. The molecule has 0 unspecified atom stereocenters. The molecule has 21 heavy (non-hydrogen) atoms. The van der Waals surface area contributed by atoms with Gasteiger partial charge in [0, 0.05) is 0 Å². The highest BCUT2D eigenvalue weighted by Gasteiger charge is 2.50. The van der Waals surface area contributed by atoms with E-state index < -0.39 is 53.1 Å². The second-order valence-corrected chi connectivity index (χ2v) is 3.15. The van der Waals surface area contributed by atoms with Crippen molar-refractivity contribution in [3.63, 3.8) is 0 Å². The van der Waals surface area contributed by atoms with E-state index in [2.05, 4.69) is 0 Å². The van der Waals surface area contributed by atoms with E-state index in [-0.39, 0.29) is 0 Å². The molecule has 0 spiro atoms. The second-order valence-electron chi connectivity index (χ2n) is 3.15. The van der Waals surface area contributed by atoms with Crippen molar-refractivity contribution >= 4 is 28.4 Å². The lowest BCUT2D eigenvalue weighted by Crippen LogP contribution is -2.07. The second kappa shape index (κ2) is 5.07. The molecule has 0 bridgehead atoms. The molecule has 0 heterocycles. The molecule has 0 atom stereocenters. The van der Waals surface area contributed by atoms with Crippen molar-refractivity contribution in [2.45, 2.75) is 0 Å². The van der Waals surface area contributed by atoms with Crippen molar-refractivity contribution in [3.05, 3.63) is 56.6 Å². The third-order valence-corrected chi connectivity index (χ3v) is 2.05. The Labute approximate surface area is 111 Å². The summed E-state index contributed by atoms with van der Waals surface area (Å²) in [6, 6.07) is 1.25. The number of benzene rings is 1. The molecular formula is C6N5O10. The monoisotopic (exact) mass is 302 g/mol. The van der Waals surface area contributed by atoms with Gasteiger partial charge in [0.1, 0.15) is 0 Å². The fraction of sp³-hybridized carbons (Fsp3) is 0. The Kier molecular flexibility index (Phi) is 3.69. The van der Waals surface area contributed by atoms with E-state index in [1.165, 1.54) is 6.07 Å². The first-order chi connectivity index (χ1) is 9.59. The number of nitro benzene ring substituents is 5. The zero-order valence-corrected chi connectivity index (χ0v) is 9.32. The van der Waals surface area contributed by atoms with Crippen LogP contribution in [0.3, 0.4) is 0 Å². The van der Waals surface area contributed by atoms with Gasteiger partial charge in [-0.1, -0.05) is 0 Å². The van der Waals surface area contributed by atoms with Crippen LogP contribution in [0, 0.1) is 56.6 Å². The van der Waals surface area contributed by atoms with Crippen LogP contribution in [-0.2, 0) is 0 Å². The van der Waals surface area contributed by atoms with E-state index in [1.807, 2.05) is 0 Å². The Morgan fingerprint density at radius 2 is 0.810 bits per heavy atom. The molecule has 15 heteroatoms. The summed E-state index contributed by atoms with van der Waals surface area (Å²) in [4.78, 5) is 45.3. The molecule has 15 nitrogen and oxygen atoms in total. The maximum absolute atomic E-state index is 10.7. The molecule has 0 amide bonds. The fourth-order valence-electron chi connectivity index (χ4n) is 1.35. The largest absolute Gasteiger partial charge is 0.437 e. The van der Waals surface area contributed by atoms with Gasteiger partial charge in [-0.2, -0.15) is 0 Å². The van der Waals surface area contributed by atoms with Crippen LogP contribution in [0.1, 0.15) is 0 Å². The Morgan fingerprint density at radius 3 is 1.00 bits per heavy atom. The number of hydrogen-bond donors (Lipinski definition) is 0. The number of hydrogen-bond acceptors (Lipinski definition) is 10. The molecule has 0 aliphatic carbocycles. The third-order valence-electron chi connectivity index (χ3n) is 2.05. The van der Waals surface area contributed by atoms with Gasteiger partial charge in [0.05, 0.1) is 24.6 Å². The molecular weight excluding hydrogens is 302 g/mol. The lowest BCUT2D eigenvalue weighted by molar-refractivity contribution is -0.460. The summed E-state index contributed by atoms with van der Waals surface area (Å²) in [5, 5.41) is 53.3. The SMILES string of the molecule is O=[N+]([O-])c1[c]c([N+](=O)[O-])c([N+](=O)[O-])c([N+](=O)[O-])c1[N+](=O)[O-]. The predicted molar refractivity (Wildman–Crippen MR) is 58.5 cm³/mol. The molecule has 0 aliphatic rings. The smallest absolute Gasteiger partial charge is 0.258 e. The molecule has 109 valence electrons. The topological polar surface area (TPSA) is 216 Å². The van der Waals surface area contributed by atoms with E-state index in [1.54, 1.807) is 0 Å². The fourth-order valence-corrected chi connectivity index (χ4v) is 1.35. The van der Waals surface area contributed by atoms with Crippen LogP contribution in [0.2, 0.25) is 0 Å². The van der Waals surface area contributed by atoms with E-state index >= 15 is 0 Å². The highest BCUT2D eigenvalue weighted by molar-refractivity contribution is 5.81. The van der Waals surface area contributed by atoms with Crippen molar-refractivity contribution in [1.82, 2.24) is 0 Å². The lowest BCUT2D eigenvalue weighted by Gasteiger charge is -1.99. The van der Waals surface area contributed by atoms with Crippen molar-refractivity contribution < 1.29 is 24.6 Å². The molecule has 1 aromatic carbocycles. The predicted octanol–water partition coefficient (Wildman–Crippen LogP) is 1.03. The van der Waals surface area contributed by atoms with Gasteiger partial charge in [0.2, 0.25) is 0 Å². The standard InChI is InChI=1S/C6N5O10/c12-7(13)2-1-3(8(14)15)5(10(18)19)6(11(20)21)4(2)9(16)17. The van der Waals surface area contributed by atoms with E-state index in [0.29, 0.717) is 0 Å². The molecule has 0 saturated heterocycles. The summed E-state index contributed by atoms with van der Waals surface area (Å²) in [6.45, 7) is 0. The van der Waals surface area contributed by atoms with Gasteiger partial charge in [0.25, 0.3) is 0 Å². The summed E-state index contributed by atoms with van der Waals surface area (Å²) in [5.41, 5.74) is -9.11. The maximum Gasteiger partial charge on any atom is 0.437 e. The van der Waals surface area contributed by atoms with Gasteiger partial charge in [-0.25, -0.2) is 0 Å². The summed E-state index contributed by atoms with van der Waals surface area (Å²) < 4.78 is 0. The normalized spacial score (nSPS) is 9.90. The molecule has 1 radical (unpaired) electrons. The highest BCUT2D eigenvalue weighted by atomic mass is 16.7. The van der Waals surface area contributed by atoms with Crippen LogP contribution in [0.25, 0.3) is 0 Å². The zero-order chi connectivity index (χ0) is 16.5. The van der Waals surface area contributed by atoms with Gasteiger partial charge >= 0.3 is 28.4 Å². The van der Waals surface area contributed by atoms with Gasteiger partial charge < -0.3 is 0 Å². The maximum atomic E-state index is 10.7. The van der Waals surface area contributed by atoms with Gasteiger partial charge in [-0.3, -0.25) is 50.6 Å². The number of nitro groups is 5. The Morgan fingerprint density at radius 1 is 0.524 bits per heavy atom. The Bertz CT molecular complexity index is 660. The van der Waals surface area contributed by atoms with Gasteiger partial charge in [0.15, 0.2) is 6.07 Å². The molecule has 1 rings (SSSR count). The van der Waals surface area contributed by atoms with Crippen LogP contribution < -0.4 is 0 Å². The van der Waals surface area contributed by atoms with Crippen LogP contribution in [0.15, 0.2) is 0 Å². The molecule has 0 fully saturated rings. The summed E-state index contributed by atoms with van der Waals surface area (Å²) in [7, 11) is 0. The Hall–Kier alpha value is -3.78. The van der Waals surface area contributed by atoms with Gasteiger partial charge in [-0.15, -0.1) is 0 Å². The highest BCUT2D eigenvalue weighted by Crippen LogP contribution is 2.47. The van der Waals surface area contributed by atoms with Crippen LogP contribution in [0.4, 0.5) is 28.4 Å². The first-order valence-electron chi connectivity index (χ1n) is 4.44. The average Bonchev–Trinajstić information content (AvgIpc) is 2.34. The number of rotatable bonds is 5. The van der Waals surface area contributed by atoms with Gasteiger partial charge in [-0.05, 0) is 0 Å². The molecule has 0 saturated carbocycles. The first kappa shape index (κ1) is 15.3. The third kappa shape index (κ3) is 2.50. The van der Waals surface area contributed by atoms with Crippen LogP contribution in [0.5, 0.6) is 0 Å². The Balaban J connectivity index is 4.13. The summed E-state index contributed by atoms with van der Waals surface area (Å²) in [6.07, 6.45) is 0. The minimum Gasteiger partial charge on any atom is -0.258 e. The number of nitrogens with zero attached hydrogens (tertiary/aromatic N) is 5. The van der Waals surface area contributed by atoms with Crippen LogP contribution >= 0.6 is 0 Å². The first-order valence-corrected chi connectivity index (χ1v) is 4.44. The van der Waals surface area contributed by atoms with Crippen molar-refractivity contribution in [2.24, 2.45) is 0 Å². The average molecular weight is 302 g/mol. The van der Waals surface area contributed by atoms with Crippen molar-refractivity contribution in [1.29, 1.82) is 0 Å². The lowest BCUT2D eigenvalue weighted by atomic mass is 10.1. The van der Waals surface area contributed by atoms with E-state index in [4.69, 9.17) is 0 Å². The molecule has 0 N–H and O–H groups in total. The molecule has 0 aromatic heterocycles. The van der Waals surface area contributed by atoms with Crippen LogP contribution in [-0.4, -0.2) is 24.6 Å². The minimum atomic E-state index is -1.96. The quantitative estimate of drug-likeness (QED) is 0.555.